The third-order valence-electron chi connectivity index (χ3n) is 3.94. The zero-order valence-electron chi connectivity index (χ0n) is 16.1. The molecule has 2 rings (SSSR count). The van der Waals surface area contributed by atoms with Crippen LogP contribution >= 0.6 is 11.8 Å². The van der Waals surface area contributed by atoms with Gasteiger partial charge in [-0.3, -0.25) is 0 Å². The molecule has 0 fully saturated rings. The summed E-state index contributed by atoms with van der Waals surface area (Å²) in [4.78, 5) is 12.7. The molecule has 28 heavy (non-hydrogen) atoms. The minimum Gasteiger partial charge on any atom is -0.462 e. The lowest BCUT2D eigenvalue weighted by molar-refractivity contribution is 0.0526. The van der Waals surface area contributed by atoms with E-state index in [1.54, 1.807) is 13.0 Å². The summed E-state index contributed by atoms with van der Waals surface area (Å²) >= 11 is 1.42. The summed E-state index contributed by atoms with van der Waals surface area (Å²) in [5.74, 6) is 0.165. The number of nitrogens with two attached hydrogens (primary N) is 1. The highest BCUT2D eigenvalue weighted by Crippen LogP contribution is 2.36. The number of benzene rings is 2. The van der Waals surface area contributed by atoms with Gasteiger partial charge in [0.2, 0.25) is 10.0 Å². The molecule has 8 heteroatoms. The van der Waals surface area contributed by atoms with Crippen LogP contribution in [0.4, 0.5) is 5.69 Å². The Bertz CT molecular complexity index is 900. The van der Waals surface area contributed by atoms with Crippen molar-refractivity contribution in [3.63, 3.8) is 0 Å². The molecule has 0 bridgehead atoms. The highest BCUT2D eigenvalue weighted by Gasteiger charge is 2.22. The van der Waals surface area contributed by atoms with Crippen molar-refractivity contribution in [2.24, 2.45) is 5.14 Å². The predicted molar refractivity (Wildman–Crippen MR) is 113 cm³/mol. The molecular weight excluding hydrogens is 396 g/mol. The zero-order chi connectivity index (χ0) is 20.6. The molecular formula is C20H26N2O4S2. The third kappa shape index (κ3) is 6.25. The fourth-order valence-electron chi connectivity index (χ4n) is 2.54. The number of carbonyl (C=O) groups is 1. The monoisotopic (exact) mass is 422 g/mol. The topological polar surface area (TPSA) is 98.5 Å². The van der Waals surface area contributed by atoms with Gasteiger partial charge in [-0.25, -0.2) is 18.4 Å². The van der Waals surface area contributed by atoms with E-state index in [1.165, 1.54) is 17.8 Å². The first-order valence-corrected chi connectivity index (χ1v) is 11.7. The number of hydrogen-bond donors (Lipinski definition) is 2. The van der Waals surface area contributed by atoms with Gasteiger partial charge in [0.15, 0.2) is 0 Å². The van der Waals surface area contributed by atoms with Crippen molar-refractivity contribution in [2.75, 3.05) is 17.7 Å². The summed E-state index contributed by atoms with van der Waals surface area (Å²) in [6.45, 7) is 4.45. The first kappa shape index (κ1) is 22.3. The summed E-state index contributed by atoms with van der Waals surface area (Å²) in [6.07, 6.45) is 1.93. The quantitative estimate of drug-likeness (QED) is 0.341. The lowest BCUT2D eigenvalue weighted by atomic mass is 10.2. The number of ether oxygens (including phenoxy) is 1. The molecule has 6 nitrogen and oxygen atoms in total. The van der Waals surface area contributed by atoms with Gasteiger partial charge in [-0.15, -0.1) is 11.8 Å². The molecule has 0 aliphatic rings. The molecule has 0 heterocycles. The van der Waals surface area contributed by atoms with Crippen LogP contribution in [0.5, 0.6) is 0 Å². The van der Waals surface area contributed by atoms with Crippen molar-refractivity contribution in [2.45, 2.75) is 43.0 Å². The second kappa shape index (κ2) is 10.5. The minimum absolute atomic E-state index is 0.0604. The lowest BCUT2D eigenvalue weighted by Gasteiger charge is -2.17. The number of primary sulfonamides is 1. The molecule has 0 atom stereocenters. The van der Waals surface area contributed by atoms with Crippen LogP contribution in [0.2, 0.25) is 0 Å². The van der Waals surface area contributed by atoms with E-state index < -0.39 is 16.0 Å². The predicted octanol–water partition coefficient (Wildman–Crippen LogP) is 4.02. The summed E-state index contributed by atoms with van der Waals surface area (Å²) in [6, 6.07) is 12.6. The van der Waals surface area contributed by atoms with E-state index >= 15 is 0 Å². The van der Waals surface area contributed by atoms with Gasteiger partial charge in [-0.2, -0.15) is 0 Å². The SMILES string of the molecule is CCCCSc1c(NCc2ccccc2)cc(C(=O)OCC)cc1S(N)(=O)=O. The number of esters is 1. The lowest BCUT2D eigenvalue weighted by Crippen LogP contribution is -2.17. The van der Waals surface area contributed by atoms with E-state index in [0.717, 1.165) is 24.2 Å². The maximum atomic E-state index is 12.2. The standard InChI is InChI=1S/C20H26N2O4S2/c1-3-5-11-27-19-17(22-14-15-9-7-6-8-10-15)12-16(20(23)26-4-2)13-18(19)28(21,24)25/h6-10,12-13,22H,3-5,11,14H2,1-2H3,(H2,21,24,25). The Hall–Kier alpha value is -2.03. The average molecular weight is 423 g/mol. The zero-order valence-corrected chi connectivity index (χ0v) is 17.7. The number of hydrogen-bond acceptors (Lipinski definition) is 6. The molecule has 0 saturated heterocycles. The van der Waals surface area contributed by atoms with Crippen LogP contribution in [0.25, 0.3) is 0 Å². The smallest absolute Gasteiger partial charge is 0.338 e. The molecule has 152 valence electrons. The minimum atomic E-state index is -4.02. The Kier molecular flexibility index (Phi) is 8.35. The van der Waals surface area contributed by atoms with Gasteiger partial charge in [-0.05, 0) is 36.8 Å². The van der Waals surface area contributed by atoms with Gasteiger partial charge in [0.05, 0.1) is 27.6 Å². The largest absolute Gasteiger partial charge is 0.462 e. The fourth-order valence-corrected chi connectivity index (χ4v) is 4.85. The van der Waals surface area contributed by atoms with Crippen LogP contribution in [0.15, 0.2) is 52.3 Å². The summed E-state index contributed by atoms with van der Waals surface area (Å²) in [7, 11) is -4.02. The van der Waals surface area contributed by atoms with E-state index in [-0.39, 0.29) is 17.1 Å². The maximum absolute atomic E-state index is 12.2. The van der Waals surface area contributed by atoms with Gasteiger partial charge in [0, 0.05) is 6.54 Å². The highest BCUT2D eigenvalue weighted by atomic mass is 32.2. The number of nitrogens with one attached hydrogen (secondary N) is 1. The normalized spacial score (nSPS) is 11.2. The number of rotatable bonds is 10. The number of sulfonamides is 1. The Morgan fingerprint density at radius 2 is 1.89 bits per heavy atom. The van der Waals surface area contributed by atoms with E-state index in [9.17, 15) is 13.2 Å². The average Bonchev–Trinajstić information content (AvgIpc) is 2.67. The Labute approximate surface area is 170 Å². The second-order valence-electron chi connectivity index (χ2n) is 6.16. The third-order valence-corrected chi connectivity index (χ3v) is 6.23. The van der Waals surface area contributed by atoms with Gasteiger partial charge < -0.3 is 10.1 Å². The maximum Gasteiger partial charge on any atom is 0.338 e. The van der Waals surface area contributed by atoms with Gasteiger partial charge >= 0.3 is 5.97 Å². The Morgan fingerprint density at radius 1 is 1.18 bits per heavy atom. The molecule has 0 unspecified atom stereocenters. The van der Waals surface area contributed by atoms with Crippen LogP contribution in [0.3, 0.4) is 0 Å². The van der Waals surface area contributed by atoms with Crippen molar-refractivity contribution in [1.82, 2.24) is 0 Å². The van der Waals surface area contributed by atoms with E-state index in [1.807, 2.05) is 30.3 Å². The molecule has 0 aliphatic carbocycles. The molecule has 0 saturated carbocycles. The van der Waals surface area contributed by atoms with Crippen LogP contribution < -0.4 is 10.5 Å². The highest BCUT2D eigenvalue weighted by molar-refractivity contribution is 8.00. The summed E-state index contributed by atoms with van der Waals surface area (Å²) in [5.41, 5.74) is 1.74. The van der Waals surface area contributed by atoms with Gasteiger partial charge in [0.25, 0.3) is 0 Å². The van der Waals surface area contributed by atoms with Crippen molar-refractivity contribution in [1.29, 1.82) is 0 Å². The van der Waals surface area contributed by atoms with Crippen molar-refractivity contribution >= 4 is 33.4 Å². The molecule has 2 aromatic rings. The molecule has 2 aromatic carbocycles. The van der Waals surface area contributed by atoms with Crippen LogP contribution in [0, 0.1) is 0 Å². The number of anilines is 1. The van der Waals surface area contributed by atoms with Crippen LogP contribution in [-0.4, -0.2) is 26.7 Å². The molecule has 0 spiro atoms. The number of carbonyl (C=O) groups excluding carboxylic acids is 1. The van der Waals surface area contributed by atoms with Crippen LogP contribution in [-0.2, 0) is 21.3 Å². The van der Waals surface area contributed by atoms with Crippen molar-refractivity contribution in [3.05, 3.63) is 53.6 Å². The van der Waals surface area contributed by atoms with Gasteiger partial charge in [-0.1, -0.05) is 43.7 Å². The van der Waals surface area contributed by atoms with E-state index in [2.05, 4.69) is 12.2 Å². The van der Waals surface area contributed by atoms with E-state index in [4.69, 9.17) is 9.88 Å². The molecule has 0 aliphatic heterocycles. The molecule has 0 aromatic heterocycles. The summed E-state index contributed by atoms with van der Waals surface area (Å²) < 4.78 is 29.5. The van der Waals surface area contributed by atoms with Crippen molar-refractivity contribution < 1.29 is 17.9 Å². The van der Waals surface area contributed by atoms with Crippen molar-refractivity contribution in [3.8, 4) is 0 Å². The second-order valence-corrected chi connectivity index (χ2v) is 8.79. The first-order valence-electron chi connectivity index (χ1n) is 9.15. The van der Waals surface area contributed by atoms with Gasteiger partial charge in [0.1, 0.15) is 0 Å². The first-order chi connectivity index (χ1) is 13.4. The number of thioether (sulfide) groups is 1. The Balaban J connectivity index is 2.48. The van der Waals surface area contributed by atoms with Crippen LogP contribution in [0.1, 0.15) is 42.6 Å². The molecule has 0 radical (unpaired) electrons. The Morgan fingerprint density at radius 3 is 2.50 bits per heavy atom. The molecule has 0 amide bonds. The number of unbranched alkanes of at least 4 members (excludes halogenated alkanes) is 1. The fraction of sp³-hybridized carbons (Fsp3) is 0.350. The summed E-state index contributed by atoms with van der Waals surface area (Å²) in [5, 5.41) is 8.72. The van der Waals surface area contributed by atoms with E-state index in [0.29, 0.717) is 17.1 Å². The molecule has 3 N–H and O–H groups in total.